The second-order valence-corrected chi connectivity index (χ2v) is 3.88. The van der Waals surface area contributed by atoms with E-state index < -0.39 is 0 Å². The van der Waals surface area contributed by atoms with Crippen LogP contribution >= 0.6 is 0 Å². The summed E-state index contributed by atoms with van der Waals surface area (Å²) in [4.78, 5) is 15.2. The molecule has 82 valence electrons. The van der Waals surface area contributed by atoms with Crippen LogP contribution < -0.4 is 5.32 Å². The van der Waals surface area contributed by atoms with Gasteiger partial charge in [-0.15, -0.1) is 0 Å². The molecule has 2 unspecified atom stereocenters. The Labute approximate surface area is 87.1 Å². The van der Waals surface area contributed by atoms with E-state index in [1.165, 1.54) is 6.33 Å². The quantitative estimate of drug-likeness (QED) is 0.638. The van der Waals surface area contributed by atoms with Crippen molar-refractivity contribution in [2.75, 3.05) is 6.54 Å². The van der Waals surface area contributed by atoms with E-state index in [0.29, 0.717) is 12.5 Å². The molecule has 2 atom stereocenters. The van der Waals surface area contributed by atoms with E-state index in [-0.39, 0.29) is 17.8 Å². The van der Waals surface area contributed by atoms with Crippen LogP contribution in [-0.2, 0) is 0 Å². The Morgan fingerprint density at radius 1 is 1.67 bits per heavy atom. The summed E-state index contributed by atoms with van der Waals surface area (Å²) in [6.45, 7) is 0.594. The van der Waals surface area contributed by atoms with Crippen molar-refractivity contribution in [3.8, 4) is 0 Å². The number of rotatable bonds is 3. The standard InChI is InChI=1S/C9H14N4O2/c14-7-2-1-6(3-7)4-10-9(15)8-11-5-12-13-8/h5-7,14H,1-4H2,(H,10,15)(H,11,12,13). The average molecular weight is 210 g/mol. The van der Waals surface area contributed by atoms with Gasteiger partial charge in [-0.1, -0.05) is 0 Å². The van der Waals surface area contributed by atoms with E-state index >= 15 is 0 Å². The van der Waals surface area contributed by atoms with Crippen molar-refractivity contribution < 1.29 is 9.90 Å². The second-order valence-electron chi connectivity index (χ2n) is 3.88. The van der Waals surface area contributed by atoms with Crippen molar-refractivity contribution in [2.24, 2.45) is 5.92 Å². The van der Waals surface area contributed by atoms with Crippen LogP contribution in [0.25, 0.3) is 0 Å². The number of carbonyl (C=O) groups excluding carboxylic acids is 1. The molecule has 1 amide bonds. The number of H-pyrrole nitrogens is 1. The fraction of sp³-hybridized carbons (Fsp3) is 0.667. The Morgan fingerprint density at radius 2 is 2.53 bits per heavy atom. The fourth-order valence-electron chi connectivity index (χ4n) is 1.87. The first kappa shape index (κ1) is 10.1. The maximum absolute atomic E-state index is 11.4. The highest BCUT2D eigenvalue weighted by Crippen LogP contribution is 2.24. The van der Waals surface area contributed by atoms with Gasteiger partial charge in [0.15, 0.2) is 0 Å². The summed E-state index contributed by atoms with van der Waals surface area (Å²) in [7, 11) is 0. The topological polar surface area (TPSA) is 90.9 Å². The SMILES string of the molecule is O=C(NCC1CCC(O)C1)c1ncn[nH]1. The Kier molecular flexibility index (Phi) is 2.96. The number of aliphatic hydroxyl groups is 1. The number of hydrogen-bond acceptors (Lipinski definition) is 4. The predicted octanol–water partition coefficient (Wildman–Crippen LogP) is -0.305. The Hall–Kier alpha value is -1.43. The number of nitrogens with zero attached hydrogens (tertiary/aromatic N) is 2. The Bertz CT molecular complexity index is 325. The minimum atomic E-state index is -0.242. The van der Waals surface area contributed by atoms with Crippen molar-refractivity contribution in [2.45, 2.75) is 25.4 Å². The van der Waals surface area contributed by atoms with Crippen molar-refractivity contribution >= 4 is 5.91 Å². The van der Waals surface area contributed by atoms with Gasteiger partial charge in [-0.3, -0.25) is 9.89 Å². The van der Waals surface area contributed by atoms with Gasteiger partial charge in [0.25, 0.3) is 5.91 Å². The number of amides is 1. The molecule has 1 heterocycles. The normalized spacial score (nSPS) is 25.4. The maximum atomic E-state index is 11.4. The van der Waals surface area contributed by atoms with Gasteiger partial charge in [-0.25, -0.2) is 4.98 Å². The van der Waals surface area contributed by atoms with Gasteiger partial charge in [0.1, 0.15) is 6.33 Å². The highest BCUT2D eigenvalue weighted by molar-refractivity contribution is 5.90. The van der Waals surface area contributed by atoms with Gasteiger partial charge in [0, 0.05) is 6.54 Å². The van der Waals surface area contributed by atoms with E-state index in [2.05, 4.69) is 20.5 Å². The largest absolute Gasteiger partial charge is 0.393 e. The van der Waals surface area contributed by atoms with Crippen LogP contribution in [0.3, 0.4) is 0 Å². The lowest BCUT2D eigenvalue weighted by Crippen LogP contribution is -2.29. The molecule has 1 aliphatic rings. The first-order valence-electron chi connectivity index (χ1n) is 5.07. The highest BCUT2D eigenvalue weighted by Gasteiger charge is 2.23. The minimum Gasteiger partial charge on any atom is -0.393 e. The van der Waals surface area contributed by atoms with Crippen LogP contribution in [0.4, 0.5) is 0 Å². The highest BCUT2D eigenvalue weighted by atomic mass is 16.3. The van der Waals surface area contributed by atoms with Crippen molar-refractivity contribution in [3.05, 3.63) is 12.2 Å². The van der Waals surface area contributed by atoms with Crippen molar-refractivity contribution in [1.29, 1.82) is 0 Å². The number of aliphatic hydroxyl groups excluding tert-OH is 1. The molecule has 0 radical (unpaired) electrons. The number of aromatic nitrogens is 3. The molecular weight excluding hydrogens is 196 g/mol. The van der Waals surface area contributed by atoms with Gasteiger partial charge >= 0.3 is 0 Å². The molecule has 6 nitrogen and oxygen atoms in total. The third kappa shape index (κ3) is 2.53. The molecule has 1 saturated carbocycles. The Balaban J connectivity index is 1.76. The summed E-state index contributed by atoms with van der Waals surface area (Å²) in [5.74, 6) is 0.370. The van der Waals surface area contributed by atoms with Crippen LogP contribution in [0.15, 0.2) is 6.33 Å². The van der Waals surface area contributed by atoms with Crippen LogP contribution in [-0.4, -0.2) is 38.8 Å². The maximum Gasteiger partial charge on any atom is 0.288 e. The third-order valence-electron chi connectivity index (χ3n) is 2.69. The molecule has 6 heteroatoms. The van der Waals surface area contributed by atoms with E-state index in [1.54, 1.807) is 0 Å². The lowest BCUT2D eigenvalue weighted by Gasteiger charge is -2.09. The van der Waals surface area contributed by atoms with E-state index in [4.69, 9.17) is 0 Å². The zero-order chi connectivity index (χ0) is 10.7. The lowest BCUT2D eigenvalue weighted by atomic mass is 10.1. The molecule has 0 saturated heterocycles. The van der Waals surface area contributed by atoms with Crippen LogP contribution in [0.5, 0.6) is 0 Å². The lowest BCUT2D eigenvalue weighted by molar-refractivity contribution is 0.0935. The number of hydrogen-bond donors (Lipinski definition) is 3. The van der Waals surface area contributed by atoms with Gasteiger partial charge in [0.05, 0.1) is 6.10 Å². The smallest absolute Gasteiger partial charge is 0.288 e. The van der Waals surface area contributed by atoms with Gasteiger partial charge in [-0.2, -0.15) is 5.10 Å². The van der Waals surface area contributed by atoms with Crippen LogP contribution in [0.2, 0.25) is 0 Å². The summed E-state index contributed by atoms with van der Waals surface area (Å²) in [5.41, 5.74) is 0. The molecule has 1 fully saturated rings. The summed E-state index contributed by atoms with van der Waals surface area (Å²) in [6, 6.07) is 0. The molecule has 0 spiro atoms. The molecule has 0 aliphatic heterocycles. The van der Waals surface area contributed by atoms with Crippen LogP contribution in [0, 0.1) is 5.92 Å². The monoisotopic (exact) mass is 210 g/mol. The molecule has 1 aromatic rings. The van der Waals surface area contributed by atoms with E-state index in [1.807, 2.05) is 0 Å². The number of aromatic amines is 1. The number of carbonyl (C=O) groups is 1. The first-order chi connectivity index (χ1) is 7.25. The predicted molar refractivity (Wildman–Crippen MR) is 52.1 cm³/mol. The van der Waals surface area contributed by atoms with Crippen molar-refractivity contribution in [3.63, 3.8) is 0 Å². The van der Waals surface area contributed by atoms with Gasteiger partial charge in [-0.05, 0) is 25.2 Å². The fourth-order valence-corrected chi connectivity index (χ4v) is 1.87. The molecular formula is C9H14N4O2. The summed E-state index contributed by atoms with van der Waals surface area (Å²) >= 11 is 0. The average Bonchev–Trinajstić information content (AvgIpc) is 2.84. The third-order valence-corrected chi connectivity index (χ3v) is 2.69. The second kappa shape index (κ2) is 4.39. The molecule has 1 aliphatic carbocycles. The first-order valence-corrected chi connectivity index (χ1v) is 5.07. The Morgan fingerprint density at radius 3 is 3.13 bits per heavy atom. The van der Waals surface area contributed by atoms with E-state index in [0.717, 1.165) is 19.3 Å². The van der Waals surface area contributed by atoms with Gasteiger partial charge in [0.2, 0.25) is 5.82 Å². The van der Waals surface area contributed by atoms with Crippen LogP contribution in [0.1, 0.15) is 29.9 Å². The molecule has 15 heavy (non-hydrogen) atoms. The van der Waals surface area contributed by atoms with E-state index in [9.17, 15) is 9.90 Å². The molecule has 0 bridgehead atoms. The molecule has 3 N–H and O–H groups in total. The summed E-state index contributed by atoms with van der Waals surface area (Å²) in [5, 5.41) is 18.2. The summed E-state index contributed by atoms with van der Waals surface area (Å²) < 4.78 is 0. The molecule has 1 aromatic heterocycles. The molecule has 2 rings (SSSR count). The zero-order valence-corrected chi connectivity index (χ0v) is 8.31. The van der Waals surface area contributed by atoms with Gasteiger partial charge < -0.3 is 10.4 Å². The zero-order valence-electron chi connectivity index (χ0n) is 8.31. The summed E-state index contributed by atoms with van der Waals surface area (Å²) in [6.07, 6.45) is 3.68. The minimum absolute atomic E-state index is 0.197. The molecule has 0 aromatic carbocycles. The van der Waals surface area contributed by atoms with Crippen molar-refractivity contribution in [1.82, 2.24) is 20.5 Å². The number of nitrogens with one attached hydrogen (secondary N) is 2.